The number of benzene rings is 1. The van der Waals surface area contributed by atoms with E-state index in [1.807, 2.05) is 6.07 Å². The Bertz CT molecular complexity index is 382. The zero-order chi connectivity index (χ0) is 9.76. The second-order valence-corrected chi connectivity index (χ2v) is 4.67. The van der Waals surface area contributed by atoms with Crippen molar-refractivity contribution in [3.05, 3.63) is 29.3 Å². The minimum atomic E-state index is 0.186. The average molecular weight is 189 g/mol. The standard InChI is InChI=1S/C12H15NO/c1-8-2-3-10-9(6-8)11(13)12(4-5-12)7-14-10/h2-3,6,11H,4-5,7,13H2,1H3. The molecular formula is C12H15NO. The van der Waals surface area contributed by atoms with Gasteiger partial charge in [0.25, 0.3) is 0 Å². The van der Waals surface area contributed by atoms with E-state index in [0.29, 0.717) is 0 Å². The number of rotatable bonds is 0. The molecular weight excluding hydrogens is 174 g/mol. The summed E-state index contributed by atoms with van der Waals surface area (Å²) in [4.78, 5) is 0. The first-order valence-corrected chi connectivity index (χ1v) is 5.20. The summed E-state index contributed by atoms with van der Waals surface area (Å²) in [5.41, 5.74) is 9.02. The molecule has 1 spiro atoms. The minimum Gasteiger partial charge on any atom is -0.493 e. The topological polar surface area (TPSA) is 35.2 Å². The van der Waals surface area contributed by atoms with E-state index in [1.54, 1.807) is 0 Å². The molecule has 2 heteroatoms. The van der Waals surface area contributed by atoms with Crippen molar-refractivity contribution in [3.8, 4) is 5.75 Å². The van der Waals surface area contributed by atoms with Crippen molar-refractivity contribution in [1.82, 2.24) is 0 Å². The van der Waals surface area contributed by atoms with Gasteiger partial charge in [-0.15, -0.1) is 0 Å². The van der Waals surface area contributed by atoms with E-state index >= 15 is 0 Å². The Kier molecular flexibility index (Phi) is 1.49. The lowest BCUT2D eigenvalue weighted by molar-refractivity contribution is 0.177. The van der Waals surface area contributed by atoms with Crippen molar-refractivity contribution >= 4 is 0 Å². The van der Waals surface area contributed by atoms with Gasteiger partial charge in [0.2, 0.25) is 0 Å². The van der Waals surface area contributed by atoms with Gasteiger partial charge in [-0.1, -0.05) is 17.7 Å². The summed E-state index contributed by atoms with van der Waals surface area (Å²) >= 11 is 0. The number of aryl methyl sites for hydroxylation is 1. The van der Waals surface area contributed by atoms with Crippen LogP contribution in [0.25, 0.3) is 0 Å². The Morgan fingerprint density at radius 3 is 2.93 bits per heavy atom. The molecule has 0 saturated heterocycles. The van der Waals surface area contributed by atoms with Gasteiger partial charge in [-0.05, 0) is 25.8 Å². The number of hydrogen-bond acceptors (Lipinski definition) is 2. The fourth-order valence-corrected chi connectivity index (χ4v) is 2.30. The van der Waals surface area contributed by atoms with Crippen LogP contribution >= 0.6 is 0 Å². The van der Waals surface area contributed by atoms with Crippen LogP contribution in [0.4, 0.5) is 0 Å². The molecule has 1 aromatic carbocycles. The number of ether oxygens (including phenoxy) is 1. The third kappa shape index (κ3) is 1.01. The SMILES string of the molecule is Cc1ccc2c(c1)C(N)C1(CC1)CO2. The number of nitrogens with two attached hydrogens (primary N) is 1. The molecule has 1 saturated carbocycles. The fraction of sp³-hybridized carbons (Fsp3) is 0.500. The minimum absolute atomic E-state index is 0.186. The summed E-state index contributed by atoms with van der Waals surface area (Å²) in [7, 11) is 0. The summed E-state index contributed by atoms with van der Waals surface area (Å²) in [6, 6.07) is 6.47. The number of hydrogen-bond donors (Lipinski definition) is 1. The molecule has 0 aromatic heterocycles. The summed E-state index contributed by atoms with van der Waals surface area (Å²) in [6.45, 7) is 2.91. The molecule has 1 unspecified atom stereocenters. The van der Waals surface area contributed by atoms with Gasteiger partial charge < -0.3 is 10.5 Å². The van der Waals surface area contributed by atoms with Gasteiger partial charge >= 0.3 is 0 Å². The molecule has 1 aliphatic carbocycles. The normalized spacial score (nSPS) is 26.9. The first kappa shape index (κ1) is 8.30. The molecule has 0 radical (unpaired) electrons. The molecule has 3 rings (SSSR count). The van der Waals surface area contributed by atoms with Crippen molar-refractivity contribution in [2.24, 2.45) is 11.1 Å². The van der Waals surface area contributed by atoms with Crippen LogP contribution in [0, 0.1) is 12.3 Å². The lowest BCUT2D eigenvalue weighted by Crippen LogP contribution is -2.32. The molecule has 1 atom stereocenters. The Morgan fingerprint density at radius 1 is 1.43 bits per heavy atom. The number of fused-ring (bicyclic) bond motifs is 1. The van der Waals surface area contributed by atoms with Crippen molar-refractivity contribution in [3.63, 3.8) is 0 Å². The van der Waals surface area contributed by atoms with Crippen LogP contribution in [0.15, 0.2) is 18.2 Å². The third-order valence-corrected chi connectivity index (χ3v) is 3.57. The van der Waals surface area contributed by atoms with E-state index in [1.165, 1.54) is 24.0 Å². The van der Waals surface area contributed by atoms with Crippen molar-refractivity contribution in [1.29, 1.82) is 0 Å². The van der Waals surface area contributed by atoms with Crippen LogP contribution in [-0.2, 0) is 0 Å². The van der Waals surface area contributed by atoms with E-state index in [4.69, 9.17) is 10.5 Å². The molecule has 1 heterocycles. The second kappa shape index (κ2) is 2.51. The lowest BCUT2D eigenvalue weighted by Gasteiger charge is -2.31. The molecule has 2 aliphatic rings. The highest BCUT2D eigenvalue weighted by molar-refractivity contribution is 5.42. The first-order chi connectivity index (χ1) is 6.71. The van der Waals surface area contributed by atoms with Crippen LogP contribution in [0.2, 0.25) is 0 Å². The van der Waals surface area contributed by atoms with E-state index in [0.717, 1.165) is 12.4 Å². The molecule has 2 N–H and O–H groups in total. The summed E-state index contributed by atoms with van der Waals surface area (Å²) < 4.78 is 5.75. The van der Waals surface area contributed by atoms with Gasteiger partial charge in [0.15, 0.2) is 0 Å². The summed E-state index contributed by atoms with van der Waals surface area (Å²) in [5, 5.41) is 0. The molecule has 14 heavy (non-hydrogen) atoms. The maximum Gasteiger partial charge on any atom is 0.124 e. The van der Waals surface area contributed by atoms with Gasteiger partial charge in [0, 0.05) is 17.0 Å². The van der Waals surface area contributed by atoms with Crippen molar-refractivity contribution < 1.29 is 4.74 Å². The van der Waals surface area contributed by atoms with Gasteiger partial charge in [0.05, 0.1) is 6.61 Å². The molecule has 2 nitrogen and oxygen atoms in total. The van der Waals surface area contributed by atoms with Gasteiger partial charge in [-0.25, -0.2) is 0 Å². The Balaban J connectivity index is 2.09. The maximum atomic E-state index is 6.28. The smallest absolute Gasteiger partial charge is 0.124 e. The van der Waals surface area contributed by atoms with Gasteiger partial charge in [-0.2, -0.15) is 0 Å². The molecule has 0 amide bonds. The van der Waals surface area contributed by atoms with E-state index in [-0.39, 0.29) is 11.5 Å². The van der Waals surface area contributed by atoms with Crippen LogP contribution < -0.4 is 10.5 Å². The predicted molar refractivity (Wildman–Crippen MR) is 55.3 cm³/mol. The zero-order valence-electron chi connectivity index (χ0n) is 8.42. The van der Waals surface area contributed by atoms with E-state index in [9.17, 15) is 0 Å². The molecule has 1 fully saturated rings. The largest absolute Gasteiger partial charge is 0.493 e. The molecule has 74 valence electrons. The monoisotopic (exact) mass is 189 g/mol. The summed E-state index contributed by atoms with van der Waals surface area (Å²) in [6.07, 6.45) is 2.45. The Hall–Kier alpha value is -1.02. The highest BCUT2D eigenvalue weighted by Crippen LogP contribution is 2.57. The predicted octanol–water partition coefficient (Wildman–Crippen LogP) is 2.17. The molecule has 0 bridgehead atoms. The molecule has 1 aromatic rings. The van der Waals surface area contributed by atoms with Crippen LogP contribution in [-0.4, -0.2) is 6.61 Å². The Labute approximate surface area is 84.1 Å². The van der Waals surface area contributed by atoms with Crippen molar-refractivity contribution in [2.45, 2.75) is 25.8 Å². The van der Waals surface area contributed by atoms with Gasteiger partial charge in [0.1, 0.15) is 5.75 Å². The Morgan fingerprint density at radius 2 is 2.21 bits per heavy atom. The second-order valence-electron chi connectivity index (χ2n) is 4.67. The average Bonchev–Trinajstić information content (AvgIpc) is 2.94. The highest BCUT2D eigenvalue weighted by Gasteiger charge is 2.52. The highest BCUT2D eigenvalue weighted by atomic mass is 16.5. The first-order valence-electron chi connectivity index (χ1n) is 5.20. The van der Waals surface area contributed by atoms with Crippen LogP contribution in [0.3, 0.4) is 0 Å². The quantitative estimate of drug-likeness (QED) is 0.678. The third-order valence-electron chi connectivity index (χ3n) is 3.57. The van der Waals surface area contributed by atoms with Crippen LogP contribution in [0.5, 0.6) is 5.75 Å². The maximum absolute atomic E-state index is 6.28. The fourth-order valence-electron chi connectivity index (χ4n) is 2.30. The molecule has 1 aliphatic heterocycles. The zero-order valence-corrected chi connectivity index (χ0v) is 8.42. The lowest BCUT2D eigenvalue weighted by atomic mass is 9.88. The van der Waals surface area contributed by atoms with E-state index in [2.05, 4.69) is 19.1 Å². The van der Waals surface area contributed by atoms with Crippen LogP contribution in [0.1, 0.15) is 30.0 Å². The van der Waals surface area contributed by atoms with Gasteiger partial charge in [-0.3, -0.25) is 0 Å². The summed E-state index contributed by atoms with van der Waals surface area (Å²) in [5.74, 6) is 0.987. The van der Waals surface area contributed by atoms with E-state index < -0.39 is 0 Å². The van der Waals surface area contributed by atoms with Crippen molar-refractivity contribution in [2.75, 3.05) is 6.61 Å².